The number of nitrogens with one attached hydrogen (secondary N) is 1. The molecule has 0 bridgehead atoms. The maximum absolute atomic E-state index is 13.5. The summed E-state index contributed by atoms with van der Waals surface area (Å²) in [5.74, 6) is -0.833. The number of halogens is 4. The number of amides is 1. The Hall–Kier alpha value is -2.94. The van der Waals surface area contributed by atoms with Crippen molar-refractivity contribution in [2.75, 3.05) is 0 Å². The molecule has 1 aliphatic rings. The third kappa shape index (κ3) is 4.02. The molecule has 1 aliphatic carbocycles. The monoisotopic (exact) mass is 421 g/mol. The first-order valence-electron chi connectivity index (χ1n) is 9.49. The van der Waals surface area contributed by atoms with Gasteiger partial charge in [0.2, 0.25) is 0 Å². The summed E-state index contributed by atoms with van der Waals surface area (Å²) >= 11 is 0. The predicted molar refractivity (Wildman–Crippen MR) is 100 cm³/mol. The molecule has 0 atom stereocenters. The number of carbonyl (C=O) groups is 1. The number of hydrogen-bond acceptors (Lipinski definition) is 3. The van der Waals surface area contributed by atoms with Crippen molar-refractivity contribution in [1.29, 1.82) is 0 Å². The fourth-order valence-electron chi connectivity index (χ4n) is 3.84. The highest BCUT2D eigenvalue weighted by molar-refractivity contribution is 5.94. The van der Waals surface area contributed by atoms with Crippen LogP contribution < -0.4 is 5.32 Å². The van der Waals surface area contributed by atoms with Gasteiger partial charge in [0, 0.05) is 18.4 Å². The van der Waals surface area contributed by atoms with Gasteiger partial charge in [-0.3, -0.25) is 4.79 Å². The number of hydrogen-bond donors (Lipinski definition) is 2. The Kier molecular flexibility index (Phi) is 5.01. The van der Waals surface area contributed by atoms with Crippen LogP contribution in [0.4, 0.5) is 17.6 Å². The average Bonchev–Trinajstić information content (AvgIpc) is 3.14. The van der Waals surface area contributed by atoms with E-state index >= 15 is 0 Å². The molecule has 3 aromatic rings. The second-order valence-corrected chi connectivity index (χ2v) is 7.60. The zero-order valence-electron chi connectivity index (χ0n) is 15.8. The van der Waals surface area contributed by atoms with Crippen LogP contribution in [0.1, 0.15) is 47.3 Å². The van der Waals surface area contributed by atoms with Crippen LogP contribution in [-0.4, -0.2) is 26.4 Å². The van der Waals surface area contributed by atoms with E-state index in [1.807, 2.05) is 0 Å². The largest absolute Gasteiger partial charge is 0.434 e. The summed E-state index contributed by atoms with van der Waals surface area (Å²) in [5.41, 5.74) is -1.36. The molecule has 0 aliphatic heterocycles. The molecule has 1 amide bonds. The van der Waals surface area contributed by atoms with E-state index in [1.54, 1.807) is 12.1 Å². The number of benzene rings is 1. The van der Waals surface area contributed by atoms with E-state index in [9.17, 15) is 27.5 Å². The van der Waals surface area contributed by atoms with Crippen molar-refractivity contribution in [1.82, 2.24) is 14.7 Å². The van der Waals surface area contributed by atoms with Crippen LogP contribution in [0.2, 0.25) is 0 Å². The van der Waals surface area contributed by atoms with Gasteiger partial charge >= 0.3 is 6.18 Å². The maximum Gasteiger partial charge on any atom is 0.434 e. The van der Waals surface area contributed by atoms with Crippen molar-refractivity contribution in [3.05, 3.63) is 71.4 Å². The van der Waals surface area contributed by atoms with E-state index < -0.39 is 29.2 Å². The molecule has 2 heterocycles. The third-order valence-corrected chi connectivity index (χ3v) is 5.51. The SMILES string of the molecule is O=C(NC1CCC(O)(c2cccc(F)c2)CC1)c1ccc2nc(C(F)(F)F)cn2c1. The number of rotatable bonds is 3. The quantitative estimate of drug-likeness (QED) is 0.627. The maximum atomic E-state index is 13.5. The minimum absolute atomic E-state index is 0.0942. The first kappa shape index (κ1) is 20.3. The van der Waals surface area contributed by atoms with Gasteiger partial charge in [-0.2, -0.15) is 13.2 Å². The lowest BCUT2D eigenvalue weighted by atomic mass is 9.77. The van der Waals surface area contributed by atoms with E-state index in [0.29, 0.717) is 31.2 Å². The van der Waals surface area contributed by atoms with Crippen molar-refractivity contribution in [2.45, 2.75) is 43.5 Å². The molecule has 0 spiro atoms. The fraction of sp³-hybridized carbons (Fsp3) is 0.333. The number of alkyl halides is 3. The Morgan fingerprint density at radius 2 is 1.90 bits per heavy atom. The average molecular weight is 421 g/mol. The standard InChI is InChI=1S/C21H19F4N3O2/c22-15-3-1-2-14(10-15)20(30)8-6-16(7-9-20)26-19(29)13-4-5-18-27-17(21(23,24)25)12-28(18)11-13/h1-5,10-12,16,30H,6-9H2,(H,26,29). The minimum atomic E-state index is -4.56. The summed E-state index contributed by atoms with van der Waals surface area (Å²) in [7, 11) is 0. The third-order valence-electron chi connectivity index (χ3n) is 5.51. The Morgan fingerprint density at radius 1 is 1.17 bits per heavy atom. The first-order valence-corrected chi connectivity index (χ1v) is 9.49. The number of aliphatic hydroxyl groups is 1. The second kappa shape index (κ2) is 7.39. The molecule has 9 heteroatoms. The molecule has 0 unspecified atom stereocenters. The van der Waals surface area contributed by atoms with Gasteiger partial charge in [-0.1, -0.05) is 12.1 Å². The molecule has 1 fully saturated rings. The Bertz CT molecular complexity index is 1090. The van der Waals surface area contributed by atoms with Crippen LogP contribution in [-0.2, 0) is 11.8 Å². The van der Waals surface area contributed by atoms with Gasteiger partial charge in [0.25, 0.3) is 5.91 Å². The second-order valence-electron chi connectivity index (χ2n) is 7.60. The van der Waals surface area contributed by atoms with E-state index in [1.165, 1.54) is 34.9 Å². The van der Waals surface area contributed by atoms with Crippen LogP contribution in [0.3, 0.4) is 0 Å². The number of imidazole rings is 1. The van der Waals surface area contributed by atoms with Gasteiger partial charge in [0.15, 0.2) is 5.69 Å². The zero-order chi connectivity index (χ0) is 21.5. The number of pyridine rings is 1. The Morgan fingerprint density at radius 3 is 2.57 bits per heavy atom. The molecule has 1 saturated carbocycles. The normalized spacial score (nSPS) is 22.2. The fourth-order valence-corrected chi connectivity index (χ4v) is 3.84. The van der Waals surface area contributed by atoms with Crippen molar-refractivity contribution < 1.29 is 27.5 Å². The first-order chi connectivity index (χ1) is 14.1. The summed E-state index contributed by atoms with van der Waals surface area (Å²) in [6.07, 6.45) is -0.720. The predicted octanol–water partition coefficient (Wildman–Crippen LogP) is 4.05. The Labute approximate surface area is 169 Å². The van der Waals surface area contributed by atoms with Gasteiger partial charge in [-0.05, 0) is 55.5 Å². The molecule has 4 rings (SSSR count). The number of aromatic nitrogens is 2. The molecule has 30 heavy (non-hydrogen) atoms. The van der Waals surface area contributed by atoms with Crippen molar-refractivity contribution in [3.8, 4) is 0 Å². The summed E-state index contributed by atoms with van der Waals surface area (Å²) in [6, 6.07) is 8.43. The van der Waals surface area contributed by atoms with Crippen LogP contribution >= 0.6 is 0 Å². The number of carbonyl (C=O) groups excluding carboxylic acids is 1. The minimum Gasteiger partial charge on any atom is -0.385 e. The lowest BCUT2D eigenvalue weighted by Crippen LogP contribution is -2.42. The van der Waals surface area contributed by atoms with Crippen molar-refractivity contribution in [2.24, 2.45) is 0 Å². The highest BCUT2D eigenvalue weighted by Crippen LogP contribution is 2.37. The molecule has 0 saturated heterocycles. The highest BCUT2D eigenvalue weighted by Gasteiger charge is 2.36. The van der Waals surface area contributed by atoms with Crippen molar-refractivity contribution in [3.63, 3.8) is 0 Å². The summed E-state index contributed by atoms with van der Waals surface area (Å²) in [6.45, 7) is 0. The smallest absolute Gasteiger partial charge is 0.385 e. The number of nitrogens with zero attached hydrogens (tertiary/aromatic N) is 2. The molecular weight excluding hydrogens is 402 g/mol. The highest BCUT2D eigenvalue weighted by atomic mass is 19.4. The summed E-state index contributed by atoms with van der Waals surface area (Å²) in [4.78, 5) is 16.1. The van der Waals surface area contributed by atoms with E-state index in [0.717, 1.165) is 6.20 Å². The molecule has 158 valence electrons. The van der Waals surface area contributed by atoms with Gasteiger partial charge in [0.05, 0.1) is 11.2 Å². The molecule has 1 aromatic carbocycles. The lowest BCUT2D eigenvalue weighted by Gasteiger charge is -2.36. The zero-order valence-corrected chi connectivity index (χ0v) is 15.8. The molecular formula is C21H19F4N3O2. The van der Waals surface area contributed by atoms with Crippen LogP contribution in [0.25, 0.3) is 5.65 Å². The van der Waals surface area contributed by atoms with Gasteiger partial charge in [-0.15, -0.1) is 0 Å². The summed E-state index contributed by atoms with van der Waals surface area (Å²) in [5, 5.41) is 13.7. The van der Waals surface area contributed by atoms with Gasteiger partial charge in [-0.25, -0.2) is 9.37 Å². The lowest BCUT2D eigenvalue weighted by molar-refractivity contribution is -0.140. The van der Waals surface area contributed by atoms with E-state index in [-0.39, 0.29) is 17.3 Å². The van der Waals surface area contributed by atoms with Crippen LogP contribution in [0.15, 0.2) is 48.8 Å². The van der Waals surface area contributed by atoms with Crippen LogP contribution in [0.5, 0.6) is 0 Å². The Balaban J connectivity index is 1.42. The van der Waals surface area contributed by atoms with Crippen molar-refractivity contribution >= 4 is 11.6 Å². The molecule has 2 aromatic heterocycles. The van der Waals surface area contributed by atoms with Crippen LogP contribution in [0, 0.1) is 5.82 Å². The topological polar surface area (TPSA) is 66.6 Å². The molecule has 0 radical (unpaired) electrons. The molecule has 2 N–H and O–H groups in total. The number of fused-ring (bicyclic) bond motifs is 1. The summed E-state index contributed by atoms with van der Waals surface area (Å²) < 4.78 is 53.1. The van der Waals surface area contributed by atoms with E-state index in [4.69, 9.17) is 0 Å². The molecule has 5 nitrogen and oxygen atoms in total. The van der Waals surface area contributed by atoms with Gasteiger partial charge < -0.3 is 14.8 Å². The van der Waals surface area contributed by atoms with Gasteiger partial charge in [0.1, 0.15) is 11.5 Å². The van der Waals surface area contributed by atoms with E-state index in [2.05, 4.69) is 10.3 Å².